The number of likely N-dealkylation sites (tertiary alicyclic amines) is 1. The summed E-state index contributed by atoms with van der Waals surface area (Å²) in [4.78, 5) is 23.8. The van der Waals surface area contributed by atoms with Crippen LogP contribution in [-0.2, 0) is 4.79 Å². The van der Waals surface area contributed by atoms with Gasteiger partial charge in [-0.1, -0.05) is 18.2 Å². The summed E-state index contributed by atoms with van der Waals surface area (Å²) < 4.78 is 39.0. The van der Waals surface area contributed by atoms with Crippen molar-refractivity contribution < 1.29 is 27.9 Å². The van der Waals surface area contributed by atoms with E-state index in [1.807, 2.05) is 0 Å². The first kappa shape index (κ1) is 15.1. The average molecular weight is 302 g/mol. The number of urea groups is 1. The summed E-state index contributed by atoms with van der Waals surface area (Å²) in [6, 6.07) is 7.48. The first-order valence-corrected chi connectivity index (χ1v) is 6.17. The molecule has 1 fully saturated rings. The number of carboxylic acids is 1. The summed E-state index contributed by atoms with van der Waals surface area (Å²) in [5.41, 5.74) is -2.46. The summed E-state index contributed by atoms with van der Waals surface area (Å²) in [5, 5.41) is 11.3. The zero-order chi connectivity index (χ0) is 15.7. The Kier molecular flexibility index (Phi) is 3.80. The number of nitrogens with zero attached hydrogens (tertiary/aromatic N) is 1. The van der Waals surface area contributed by atoms with Gasteiger partial charge < -0.3 is 15.3 Å². The summed E-state index contributed by atoms with van der Waals surface area (Å²) >= 11 is 0. The van der Waals surface area contributed by atoms with Crippen molar-refractivity contribution in [2.24, 2.45) is 5.41 Å². The van der Waals surface area contributed by atoms with E-state index in [-0.39, 0.29) is 6.54 Å². The van der Waals surface area contributed by atoms with E-state index in [0.29, 0.717) is 5.69 Å². The number of hydrogen-bond acceptors (Lipinski definition) is 2. The van der Waals surface area contributed by atoms with Crippen LogP contribution in [0.3, 0.4) is 0 Å². The molecular formula is C13H13F3N2O3. The summed E-state index contributed by atoms with van der Waals surface area (Å²) in [6.45, 7) is -1.14. The SMILES string of the molecule is O=C(Nc1ccccc1)N1CCC(C(=O)O)(C(F)(F)F)C1. The van der Waals surface area contributed by atoms with Crippen molar-refractivity contribution in [2.75, 3.05) is 18.4 Å². The lowest BCUT2D eigenvalue weighted by Gasteiger charge is -2.27. The molecular weight excluding hydrogens is 289 g/mol. The zero-order valence-electron chi connectivity index (χ0n) is 10.9. The largest absolute Gasteiger partial charge is 0.481 e. The molecule has 1 aromatic rings. The lowest BCUT2D eigenvalue weighted by atomic mass is 9.86. The maximum Gasteiger partial charge on any atom is 0.406 e. The molecule has 0 aromatic heterocycles. The number of rotatable bonds is 2. The van der Waals surface area contributed by atoms with Crippen molar-refractivity contribution in [3.63, 3.8) is 0 Å². The van der Waals surface area contributed by atoms with Gasteiger partial charge in [0.25, 0.3) is 0 Å². The van der Waals surface area contributed by atoms with E-state index in [9.17, 15) is 22.8 Å². The zero-order valence-corrected chi connectivity index (χ0v) is 10.9. The second-order valence-electron chi connectivity index (χ2n) is 4.85. The monoisotopic (exact) mass is 302 g/mol. The highest BCUT2D eigenvalue weighted by atomic mass is 19.4. The van der Waals surface area contributed by atoms with Crippen LogP contribution in [0.25, 0.3) is 0 Å². The van der Waals surface area contributed by atoms with Crippen LogP contribution in [0.2, 0.25) is 0 Å². The van der Waals surface area contributed by atoms with E-state index in [0.717, 1.165) is 4.90 Å². The number of aliphatic carboxylic acids is 1. The third-order valence-corrected chi connectivity index (χ3v) is 3.53. The molecule has 1 saturated heterocycles. The molecule has 21 heavy (non-hydrogen) atoms. The highest BCUT2D eigenvalue weighted by Gasteiger charge is 2.64. The Morgan fingerprint density at radius 2 is 1.86 bits per heavy atom. The van der Waals surface area contributed by atoms with Gasteiger partial charge in [0.2, 0.25) is 0 Å². The molecule has 1 aromatic carbocycles. The van der Waals surface area contributed by atoms with Crippen LogP contribution >= 0.6 is 0 Å². The van der Waals surface area contributed by atoms with Crippen LogP contribution < -0.4 is 5.32 Å². The molecule has 2 N–H and O–H groups in total. The van der Waals surface area contributed by atoms with Gasteiger partial charge in [0, 0.05) is 18.8 Å². The molecule has 114 valence electrons. The van der Waals surface area contributed by atoms with Crippen molar-refractivity contribution >= 4 is 17.7 Å². The normalized spacial score (nSPS) is 22.1. The number of carbonyl (C=O) groups excluding carboxylic acids is 1. The molecule has 2 amide bonds. The first-order chi connectivity index (χ1) is 9.76. The first-order valence-electron chi connectivity index (χ1n) is 6.17. The lowest BCUT2D eigenvalue weighted by Crippen LogP contribution is -2.48. The van der Waals surface area contributed by atoms with Gasteiger partial charge in [0.1, 0.15) is 0 Å². The molecule has 0 bridgehead atoms. The number of carboxylic acid groups (broad SMARTS) is 1. The topological polar surface area (TPSA) is 69.6 Å². The molecule has 1 atom stereocenters. The Morgan fingerprint density at radius 1 is 1.24 bits per heavy atom. The third-order valence-electron chi connectivity index (χ3n) is 3.53. The molecule has 1 heterocycles. The van der Waals surface area contributed by atoms with Crippen LogP contribution in [0.1, 0.15) is 6.42 Å². The summed E-state index contributed by atoms with van der Waals surface area (Å²) in [5.74, 6) is -1.95. The minimum Gasteiger partial charge on any atom is -0.481 e. The van der Waals surface area contributed by atoms with Gasteiger partial charge >= 0.3 is 18.2 Å². The number of benzene rings is 1. The van der Waals surface area contributed by atoms with Crippen molar-refractivity contribution in [3.8, 4) is 0 Å². The van der Waals surface area contributed by atoms with E-state index in [1.165, 1.54) is 0 Å². The predicted molar refractivity (Wildman–Crippen MR) is 67.8 cm³/mol. The summed E-state index contributed by atoms with van der Waals surface area (Å²) in [6.07, 6.45) is -5.55. The van der Waals surface area contributed by atoms with Crippen molar-refractivity contribution in [1.82, 2.24) is 4.90 Å². The fourth-order valence-electron chi connectivity index (χ4n) is 2.23. The Morgan fingerprint density at radius 3 is 2.33 bits per heavy atom. The van der Waals surface area contributed by atoms with Gasteiger partial charge in [0.05, 0.1) is 0 Å². The second-order valence-corrected chi connectivity index (χ2v) is 4.85. The van der Waals surface area contributed by atoms with E-state index in [4.69, 9.17) is 5.11 Å². The number of nitrogens with one attached hydrogen (secondary N) is 1. The Balaban J connectivity index is 2.11. The maximum atomic E-state index is 13.0. The minimum absolute atomic E-state index is 0.259. The number of carbonyl (C=O) groups is 2. The molecule has 1 unspecified atom stereocenters. The molecule has 0 aliphatic carbocycles. The number of amides is 2. The molecule has 1 aliphatic rings. The van der Waals surface area contributed by atoms with Crippen molar-refractivity contribution in [2.45, 2.75) is 12.6 Å². The van der Waals surface area contributed by atoms with E-state index < -0.39 is 36.6 Å². The van der Waals surface area contributed by atoms with Crippen LogP contribution in [0.5, 0.6) is 0 Å². The third kappa shape index (κ3) is 2.79. The van der Waals surface area contributed by atoms with Gasteiger partial charge in [-0.3, -0.25) is 4.79 Å². The molecule has 8 heteroatoms. The Hall–Kier alpha value is -2.25. The molecule has 0 saturated carbocycles. The number of alkyl halides is 3. The Labute approximate surface area is 118 Å². The van der Waals surface area contributed by atoms with E-state index in [2.05, 4.69) is 5.32 Å². The van der Waals surface area contributed by atoms with Gasteiger partial charge in [-0.15, -0.1) is 0 Å². The molecule has 0 radical (unpaired) electrons. The van der Waals surface area contributed by atoms with Gasteiger partial charge in [0.15, 0.2) is 5.41 Å². The molecule has 5 nitrogen and oxygen atoms in total. The minimum atomic E-state index is -4.90. The van der Waals surface area contributed by atoms with Crippen LogP contribution in [0.4, 0.5) is 23.7 Å². The quantitative estimate of drug-likeness (QED) is 0.882. The van der Waals surface area contributed by atoms with Crippen LogP contribution in [0, 0.1) is 5.41 Å². The van der Waals surface area contributed by atoms with Gasteiger partial charge in [-0.2, -0.15) is 13.2 Å². The fraction of sp³-hybridized carbons (Fsp3) is 0.385. The maximum absolute atomic E-state index is 13.0. The predicted octanol–water partition coefficient (Wildman–Crippen LogP) is 2.56. The van der Waals surface area contributed by atoms with E-state index >= 15 is 0 Å². The Bertz CT molecular complexity index is 547. The summed E-state index contributed by atoms with van der Waals surface area (Å²) in [7, 11) is 0. The molecule has 1 aliphatic heterocycles. The van der Waals surface area contributed by atoms with Crippen molar-refractivity contribution in [3.05, 3.63) is 30.3 Å². The highest BCUT2D eigenvalue weighted by Crippen LogP contribution is 2.45. The number of hydrogen-bond donors (Lipinski definition) is 2. The smallest absolute Gasteiger partial charge is 0.406 e. The molecule has 2 rings (SSSR count). The highest BCUT2D eigenvalue weighted by molar-refractivity contribution is 5.90. The number of halogens is 3. The van der Waals surface area contributed by atoms with Crippen LogP contribution in [-0.4, -0.2) is 41.3 Å². The fourth-order valence-corrected chi connectivity index (χ4v) is 2.23. The van der Waals surface area contributed by atoms with E-state index in [1.54, 1.807) is 30.3 Å². The second kappa shape index (κ2) is 5.27. The molecule has 0 spiro atoms. The number of para-hydroxylation sites is 1. The van der Waals surface area contributed by atoms with Crippen molar-refractivity contribution in [1.29, 1.82) is 0 Å². The average Bonchev–Trinajstić information content (AvgIpc) is 2.86. The van der Waals surface area contributed by atoms with Crippen LogP contribution in [0.15, 0.2) is 30.3 Å². The number of anilines is 1. The van der Waals surface area contributed by atoms with Gasteiger partial charge in [-0.25, -0.2) is 4.79 Å². The van der Waals surface area contributed by atoms with Gasteiger partial charge in [-0.05, 0) is 18.6 Å². The lowest BCUT2D eigenvalue weighted by molar-refractivity contribution is -0.226. The standard InChI is InChI=1S/C13H13F3N2O3/c14-13(15,16)12(10(19)20)6-7-18(8-12)11(21)17-9-4-2-1-3-5-9/h1-5H,6-8H2,(H,17,21)(H,19,20).